The molecule has 1 unspecified atom stereocenters. The first kappa shape index (κ1) is 22.3. The van der Waals surface area contributed by atoms with Crippen LogP contribution in [0.15, 0.2) is 66.2 Å². The van der Waals surface area contributed by atoms with Gasteiger partial charge in [-0.1, -0.05) is 60.2 Å². The van der Waals surface area contributed by atoms with Gasteiger partial charge in [-0.25, -0.2) is 0 Å². The molecule has 0 bridgehead atoms. The van der Waals surface area contributed by atoms with Crippen molar-refractivity contribution < 1.29 is 9.59 Å². The van der Waals surface area contributed by atoms with Crippen LogP contribution in [-0.2, 0) is 9.59 Å². The zero-order chi connectivity index (χ0) is 22.3. The number of nitrogens with zero attached hydrogens (tertiary/aromatic N) is 3. The number of carbonyl (C=O) groups excluding carboxylic acids is 2. The minimum atomic E-state index is -0.242. The van der Waals surface area contributed by atoms with Crippen molar-refractivity contribution in [2.75, 3.05) is 44.7 Å². The maximum absolute atomic E-state index is 13.3. The van der Waals surface area contributed by atoms with Crippen LogP contribution in [-0.4, -0.2) is 61.4 Å². The molecule has 1 atom stereocenters. The van der Waals surface area contributed by atoms with E-state index in [4.69, 9.17) is 0 Å². The molecule has 0 N–H and O–H groups in total. The molecule has 0 radical (unpaired) electrons. The molecule has 0 aliphatic carbocycles. The lowest BCUT2D eigenvalue weighted by Crippen LogP contribution is -2.40. The number of amides is 2. The molecule has 2 saturated heterocycles. The quantitative estimate of drug-likeness (QED) is 0.664. The Kier molecular flexibility index (Phi) is 7.38. The number of piperidine rings is 1. The summed E-state index contributed by atoms with van der Waals surface area (Å²) in [6, 6.07) is 20.4. The molecule has 4 rings (SSSR count). The van der Waals surface area contributed by atoms with Gasteiger partial charge in [0.05, 0.1) is 5.92 Å². The van der Waals surface area contributed by atoms with Crippen molar-refractivity contribution in [1.29, 1.82) is 0 Å². The largest absolute Gasteiger partial charge is 0.345 e. The van der Waals surface area contributed by atoms with Crippen molar-refractivity contribution in [3.8, 4) is 0 Å². The minimum Gasteiger partial charge on any atom is -0.345 e. The van der Waals surface area contributed by atoms with E-state index in [0.29, 0.717) is 19.5 Å². The third kappa shape index (κ3) is 5.65. The maximum atomic E-state index is 13.3. The SMILES string of the molecule is CN1CC(C(=O)N(CCCN2CCC(=Cc3ccccc3)CC2)c2ccccc2)CC1=O. The zero-order valence-electron chi connectivity index (χ0n) is 19.0. The highest BCUT2D eigenvalue weighted by molar-refractivity contribution is 5.98. The van der Waals surface area contributed by atoms with E-state index >= 15 is 0 Å². The summed E-state index contributed by atoms with van der Waals surface area (Å²) in [5, 5.41) is 0. The Morgan fingerprint density at radius 3 is 2.31 bits per heavy atom. The van der Waals surface area contributed by atoms with E-state index in [9.17, 15) is 9.59 Å². The van der Waals surface area contributed by atoms with Crippen molar-refractivity contribution in [1.82, 2.24) is 9.80 Å². The first-order chi connectivity index (χ1) is 15.6. The van der Waals surface area contributed by atoms with E-state index in [-0.39, 0.29) is 17.7 Å². The standard InChI is InChI=1S/C27H33N3O2/c1-28-21-24(20-26(28)31)27(32)30(25-11-6-3-7-12-25)16-8-15-29-17-13-23(14-18-29)19-22-9-4-2-5-10-22/h2-7,9-12,19,24H,8,13-18,20-21H2,1H3. The average molecular weight is 432 g/mol. The van der Waals surface area contributed by atoms with Gasteiger partial charge in [-0.3, -0.25) is 9.59 Å². The van der Waals surface area contributed by atoms with E-state index < -0.39 is 0 Å². The van der Waals surface area contributed by atoms with Crippen LogP contribution < -0.4 is 4.90 Å². The summed E-state index contributed by atoms with van der Waals surface area (Å²) in [5.74, 6) is -0.113. The lowest BCUT2D eigenvalue weighted by Gasteiger charge is -2.30. The van der Waals surface area contributed by atoms with E-state index in [1.807, 2.05) is 35.2 Å². The second kappa shape index (κ2) is 10.6. The summed E-state index contributed by atoms with van der Waals surface area (Å²) in [5.41, 5.74) is 3.72. The summed E-state index contributed by atoms with van der Waals surface area (Å²) >= 11 is 0. The third-order valence-corrected chi connectivity index (χ3v) is 6.55. The van der Waals surface area contributed by atoms with Crippen LogP contribution >= 0.6 is 0 Å². The highest BCUT2D eigenvalue weighted by atomic mass is 16.2. The molecule has 2 heterocycles. The fourth-order valence-electron chi connectivity index (χ4n) is 4.67. The van der Waals surface area contributed by atoms with Gasteiger partial charge in [0.2, 0.25) is 11.8 Å². The molecule has 2 aliphatic heterocycles. The van der Waals surface area contributed by atoms with Gasteiger partial charge in [-0.15, -0.1) is 0 Å². The second-order valence-electron chi connectivity index (χ2n) is 8.91. The summed E-state index contributed by atoms with van der Waals surface area (Å²) < 4.78 is 0. The zero-order valence-corrected chi connectivity index (χ0v) is 19.0. The molecule has 2 fully saturated rings. The van der Waals surface area contributed by atoms with Crippen LogP contribution in [0.25, 0.3) is 6.08 Å². The number of hydrogen-bond donors (Lipinski definition) is 0. The third-order valence-electron chi connectivity index (χ3n) is 6.55. The van der Waals surface area contributed by atoms with E-state index in [0.717, 1.165) is 44.6 Å². The Balaban J connectivity index is 1.31. The lowest BCUT2D eigenvalue weighted by molar-refractivity contribution is -0.127. The number of para-hydroxylation sites is 1. The number of hydrogen-bond acceptors (Lipinski definition) is 3. The van der Waals surface area contributed by atoms with Crippen LogP contribution in [0.3, 0.4) is 0 Å². The number of carbonyl (C=O) groups is 2. The van der Waals surface area contributed by atoms with Gasteiger partial charge in [-0.2, -0.15) is 0 Å². The molecule has 2 aromatic rings. The summed E-state index contributed by atoms with van der Waals surface area (Å²) in [4.78, 5) is 31.3. The van der Waals surface area contributed by atoms with Crippen LogP contribution in [0, 0.1) is 5.92 Å². The van der Waals surface area contributed by atoms with Crippen molar-refractivity contribution in [3.63, 3.8) is 0 Å². The van der Waals surface area contributed by atoms with Gasteiger partial charge < -0.3 is 14.7 Å². The van der Waals surface area contributed by atoms with Crippen molar-refractivity contribution in [2.24, 2.45) is 5.92 Å². The van der Waals surface area contributed by atoms with Crippen molar-refractivity contribution in [3.05, 3.63) is 71.8 Å². The van der Waals surface area contributed by atoms with Gasteiger partial charge >= 0.3 is 0 Å². The monoisotopic (exact) mass is 431 g/mol. The molecule has 32 heavy (non-hydrogen) atoms. The average Bonchev–Trinajstić information content (AvgIpc) is 3.17. The van der Waals surface area contributed by atoms with Gasteiger partial charge in [0.25, 0.3) is 0 Å². The summed E-state index contributed by atoms with van der Waals surface area (Å²) in [7, 11) is 1.78. The van der Waals surface area contributed by atoms with Crippen LogP contribution in [0.1, 0.15) is 31.2 Å². The first-order valence-electron chi connectivity index (χ1n) is 11.7. The molecule has 2 amide bonds. The predicted octanol–water partition coefficient (Wildman–Crippen LogP) is 4.07. The van der Waals surface area contributed by atoms with Crippen LogP contribution in [0.2, 0.25) is 0 Å². The predicted molar refractivity (Wildman–Crippen MR) is 129 cm³/mol. The fraction of sp³-hybridized carbons (Fsp3) is 0.407. The number of benzene rings is 2. The normalized spacial score (nSPS) is 19.3. The lowest BCUT2D eigenvalue weighted by atomic mass is 10.0. The maximum Gasteiger partial charge on any atom is 0.232 e. The highest BCUT2D eigenvalue weighted by Crippen LogP contribution is 2.24. The van der Waals surface area contributed by atoms with E-state index in [1.165, 1.54) is 11.1 Å². The summed E-state index contributed by atoms with van der Waals surface area (Å²) in [6.07, 6.45) is 5.78. The van der Waals surface area contributed by atoms with Gasteiger partial charge in [0, 0.05) is 45.3 Å². The summed E-state index contributed by atoms with van der Waals surface area (Å²) in [6.45, 7) is 4.32. The van der Waals surface area contributed by atoms with Crippen LogP contribution in [0.5, 0.6) is 0 Å². The Morgan fingerprint density at radius 1 is 1.03 bits per heavy atom. The Labute approximate surface area is 191 Å². The fourth-order valence-corrected chi connectivity index (χ4v) is 4.67. The molecule has 0 aromatic heterocycles. The second-order valence-corrected chi connectivity index (χ2v) is 8.91. The van der Waals surface area contributed by atoms with Gasteiger partial charge in [-0.05, 0) is 43.5 Å². The molecule has 0 spiro atoms. The van der Waals surface area contributed by atoms with Gasteiger partial charge in [0.1, 0.15) is 0 Å². The van der Waals surface area contributed by atoms with Crippen molar-refractivity contribution >= 4 is 23.6 Å². The number of likely N-dealkylation sites (tertiary alicyclic amines) is 2. The molecule has 2 aromatic carbocycles. The number of rotatable bonds is 7. The smallest absolute Gasteiger partial charge is 0.232 e. The van der Waals surface area contributed by atoms with Crippen LogP contribution in [0.4, 0.5) is 5.69 Å². The van der Waals surface area contributed by atoms with E-state index in [2.05, 4.69) is 41.3 Å². The highest BCUT2D eigenvalue weighted by Gasteiger charge is 2.35. The Hall–Kier alpha value is -2.92. The Bertz CT molecular complexity index is 932. The molecule has 5 nitrogen and oxygen atoms in total. The Morgan fingerprint density at radius 2 is 1.69 bits per heavy atom. The molecule has 168 valence electrons. The minimum absolute atomic E-state index is 0.0593. The first-order valence-corrected chi connectivity index (χ1v) is 11.7. The molecule has 2 aliphatic rings. The van der Waals surface area contributed by atoms with Gasteiger partial charge in [0.15, 0.2) is 0 Å². The molecule has 5 heteroatoms. The molecular formula is C27H33N3O2. The number of anilines is 1. The van der Waals surface area contributed by atoms with E-state index in [1.54, 1.807) is 11.9 Å². The molecular weight excluding hydrogens is 398 g/mol. The topological polar surface area (TPSA) is 43.9 Å². The van der Waals surface area contributed by atoms with Crippen molar-refractivity contribution in [2.45, 2.75) is 25.7 Å². The molecule has 0 saturated carbocycles.